The molecule has 1 aromatic rings. The van der Waals surface area contributed by atoms with Gasteiger partial charge in [-0.1, -0.05) is 0 Å². The molecule has 0 bridgehead atoms. The zero-order valence-electron chi connectivity index (χ0n) is 8.31. The zero-order chi connectivity index (χ0) is 10.7. The van der Waals surface area contributed by atoms with Gasteiger partial charge in [0, 0.05) is 0 Å². The number of rotatable bonds is 2. The van der Waals surface area contributed by atoms with E-state index in [-0.39, 0.29) is 25.7 Å². The fourth-order valence-electron chi connectivity index (χ4n) is 1.42. The number of ether oxygens (including phenoxy) is 1. The molecule has 1 heterocycles. The third-order valence-electron chi connectivity index (χ3n) is 2.18. The normalized spacial score (nSPS) is 21.2. The van der Waals surface area contributed by atoms with Gasteiger partial charge in [-0.2, -0.15) is 0 Å². The fraction of sp³-hybridized carbons (Fsp3) is 0.250. The number of carbonyl (C=O) groups excluding carboxylic acids is 1. The van der Waals surface area contributed by atoms with Crippen molar-refractivity contribution in [1.82, 2.24) is 0 Å². The molecule has 78 valence electrons. The molecule has 1 aliphatic rings. The van der Waals surface area contributed by atoms with E-state index in [1.54, 1.807) is 0 Å². The molecule has 0 aliphatic carbocycles. The third kappa shape index (κ3) is 2.71. The first-order valence-corrected chi connectivity index (χ1v) is 6.65. The average Bonchev–Trinajstić information content (AvgIpc) is 2.25. The number of esters is 1. The molecule has 1 saturated heterocycles. The summed E-state index contributed by atoms with van der Waals surface area (Å²) in [5.41, 5.74) is 1.03. The Bertz CT molecular complexity index is 372. The van der Waals surface area contributed by atoms with Gasteiger partial charge in [0.05, 0.1) is 0 Å². The molecule has 0 spiro atoms. The number of carbonyl (C=O) groups is 1. The maximum absolute atomic E-state index is 11.5. The van der Waals surface area contributed by atoms with Crippen molar-refractivity contribution in [2.45, 2.75) is 11.2 Å². The second-order valence-corrected chi connectivity index (χ2v) is 6.16. The minimum absolute atomic E-state index is 0.0150. The maximum atomic E-state index is 11.5. The number of cyclic esters (lactones) is 1. The van der Waals surface area contributed by atoms with Crippen LogP contribution in [0.15, 0.2) is 42.5 Å². The van der Waals surface area contributed by atoms with Crippen molar-refractivity contribution in [3.05, 3.63) is 42.5 Å². The van der Waals surface area contributed by atoms with Gasteiger partial charge in [0.1, 0.15) is 0 Å². The van der Waals surface area contributed by atoms with Crippen LogP contribution in [0.2, 0.25) is 4.82 Å². The van der Waals surface area contributed by atoms with E-state index in [2.05, 4.69) is 18.7 Å². The fourth-order valence-corrected chi connectivity index (χ4v) is 3.79. The van der Waals surface area contributed by atoms with Gasteiger partial charge in [-0.3, -0.25) is 0 Å². The van der Waals surface area contributed by atoms with Crippen LogP contribution in [-0.4, -0.2) is 27.5 Å². The van der Waals surface area contributed by atoms with Crippen LogP contribution >= 0.6 is 0 Å². The Labute approximate surface area is 95.5 Å². The second-order valence-electron chi connectivity index (χ2n) is 3.48. The van der Waals surface area contributed by atoms with Crippen molar-refractivity contribution in [3.8, 4) is 0 Å². The molecule has 2 rings (SSSR count). The molecule has 1 unspecified atom stereocenters. The molecule has 3 heteroatoms. The van der Waals surface area contributed by atoms with Crippen molar-refractivity contribution < 1.29 is 9.53 Å². The Kier molecular flexibility index (Phi) is 3.24. The van der Waals surface area contributed by atoms with Gasteiger partial charge in [0.2, 0.25) is 0 Å². The van der Waals surface area contributed by atoms with E-state index in [0.29, 0.717) is 6.61 Å². The van der Waals surface area contributed by atoms with Gasteiger partial charge >= 0.3 is 95.2 Å². The number of hydrogen-bond acceptors (Lipinski definition) is 2. The van der Waals surface area contributed by atoms with E-state index in [4.69, 9.17) is 4.74 Å². The topological polar surface area (TPSA) is 26.3 Å². The predicted octanol–water partition coefficient (Wildman–Crippen LogP) is 1.31. The molecule has 0 radical (unpaired) electrons. The molecule has 1 fully saturated rings. The Balaban J connectivity index is 2.05. The van der Waals surface area contributed by atoms with Crippen molar-refractivity contribution in [1.29, 1.82) is 0 Å². The summed E-state index contributed by atoms with van der Waals surface area (Å²) in [5.74, 6) is -0.0637. The Morgan fingerprint density at radius 1 is 1.33 bits per heavy atom. The SMILES string of the molecule is C=C1COC(=O)C([Se]c2ccccc2)C1. The van der Waals surface area contributed by atoms with E-state index in [9.17, 15) is 4.79 Å². The molecule has 0 amide bonds. The van der Waals surface area contributed by atoms with Gasteiger partial charge in [0.15, 0.2) is 0 Å². The summed E-state index contributed by atoms with van der Waals surface area (Å²) < 4.78 is 6.29. The molecule has 2 nitrogen and oxygen atoms in total. The van der Waals surface area contributed by atoms with Crippen LogP contribution in [0.1, 0.15) is 6.42 Å². The van der Waals surface area contributed by atoms with Gasteiger partial charge in [0.25, 0.3) is 0 Å². The molecule has 0 aromatic heterocycles. The number of benzene rings is 1. The van der Waals surface area contributed by atoms with Gasteiger partial charge in [-0.15, -0.1) is 0 Å². The zero-order valence-corrected chi connectivity index (χ0v) is 10.0. The van der Waals surface area contributed by atoms with E-state index in [1.807, 2.05) is 18.2 Å². The van der Waals surface area contributed by atoms with Crippen molar-refractivity contribution in [2.24, 2.45) is 0 Å². The van der Waals surface area contributed by atoms with Gasteiger partial charge in [-0.05, 0) is 0 Å². The summed E-state index contributed by atoms with van der Waals surface area (Å²) in [6, 6.07) is 10.1. The van der Waals surface area contributed by atoms with E-state index in [1.165, 1.54) is 4.46 Å². The molecule has 15 heavy (non-hydrogen) atoms. The molecular formula is C12H12O2Se. The first kappa shape index (κ1) is 10.5. The van der Waals surface area contributed by atoms with E-state index in [0.717, 1.165) is 12.0 Å². The molecule has 1 atom stereocenters. The summed E-state index contributed by atoms with van der Waals surface area (Å²) in [5, 5.41) is 0. The molecule has 1 aliphatic heterocycles. The molecule has 0 saturated carbocycles. The van der Waals surface area contributed by atoms with Gasteiger partial charge in [-0.25, -0.2) is 0 Å². The average molecular weight is 267 g/mol. The van der Waals surface area contributed by atoms with E-state index < -0.39 is 0 Å². The Hall–Kier alpha value is -1.05. The summed E-state index contributed by atoms with van der Waals surface area (Å²) in [6.45, 7) is 4.28. The summed E-state index contributed by atoms with van der Waals surface area (Å²) in [6.07, 6.45) is 0.785. The Morgan fingerprint density at radius 3 is 2.80 bits per heavy atom. The molecule has 0 N–H and O–H groups in total. The van der Waals surface area contributed by atoms with Crippen molar-refractivity contribution in [3.63, 3.8) is 0 Å². The minimum atomic E-state index is -0.0637. The first-order chi connectivity index (χ1) is 7.25. The second kappa shape index (κ2) is 4.65. The summed E-state index contributed by atoms with van der Waals surface area (Å²) >= 11 is 0.154. The third-order valence-corrected chi connectivity index (χ3v) is 4.67. The van der Waals surface area contributed by atoms with Crippen molar-refractivity contribution >= 4 is 25.4 Å². The van der Waals surface area contributed by atoms with Crippen LogP contribution in [0.4, 0.5) is 0 Å². The predicted molar refractivity (Wildman–Crippen MR) is 60.3 cm³/mol. The van der Waals surface area contributed by atoms with Crippen LogP contribution < -0.4 is 4.46 Å². The van der Waals surface area contributed by atoms with Crippen molar-refractivity contribution in [2.75, 3.05) is 6.61 Å². The Morgan fingerprint density at radius 2 is 2.07 bits per heavy atom. The standard InChI is InChI=1S/C12H12O2Se/c1-9-7-11(12(13)14-8-9)15-10-5-3-2-4-6-10/h2-6,11H,1,7-8H2. The van der Waals surface area contributed by atoms with Crippen LogP contribution in [0.25, 0.3) is 0 Å². The monoisotopic (exact) mass is 268 g/mol. The van der Waals surface area contributed by atoms with Gasteiger partial charge < -0.3 is 0 Å². The van der Waals surface area contributed by atoms with Crippen LogP contribution in [0.5, 0.6) is 0 Å². The van der Waals surface area contributed by atoms with Crippen LogP contribution in [0.3, 0.4) is 0 Å². The quantitative estimate of drug-likeness (QED) is 0.459. The first-order valence-electron chi connectivity index (χ1n) is 4.81. The van der Waals surface area contributed by atoms with Crippen LogP contribution in [0, 0.1) is 0 Å². The molecular weight excluding hydrogens is 255 g/mol. The molecule has 1 aromatic carbocycles. The van der Waals surface area contributed by atoms with Crippen LogP contribution in [-0.2, 0) is 9.53 Å². The summed E-state index contributed by atoms with van der Waals surface area (Å²) in [4.78, 5) is 11.5. The van der Waals surface area contributed by atoms with E-state index >= 15 is 0 Å². The summed E-state index contributed by atoms with van der Waals surface area (Å²) in [7, 11) is 0. The number of hydrogen-bond donors (Lipinski definition) is 0.